The predicted molar refractivity (Wildman–Crippen MR) is 131 cm³/mol. The minimum absolute atomic E-state index is 0.0423. The zero-order chi connectivity index (χ0) is 21.5. The molecule has 0 atom stereocenters. The van der Waals surface area contributed by atoms with Gasteiger partial charge in [0.1, 0.15) is 0 Å². The van der Waals surface area contributed by atoms with Crippen molar-refractivity contribution in [1.82, 2.24) is 5.43 Å². The molecular weight excluding hydrogens is 368 g/mol. The number of hydrogen-bond acceptors (Lipinski definition) is 2. The number of hydrazone groups is 1. The molecule has 0 spiro atoms. The fourth-order valence-electron chi connectivity index (χ4n) is 3.77. The number of unbranched alkanes of at least 4 members (excludes halogenated alkanes) is 14. The summed E-state index contributed by atoms with van der Waals surface area (Å²) in [5, 5.41) is 4.05. The van der Waals surface area contributed by atoms with Crippen molar-refractivity contribution in [2.24, 2.45) is 5.10 Å². The minimum Gasteiger partial charge on any atom is -0.273 e. The molecule has 0 heterocycles. The molecule has 0 bridgehead atoms. The first-order valence-electron chi connectivity index (χ1n) is 12.7. The molecule has 0 saturated heterocycles. The number of amides is 1. The highest BCUT2D eigenvalue weighted by Gasteiger charge is 1.99. The third-order valence-electron chi connectivity index (χ3n) is 5.69. The Labute approximate surface area is 186 Å². The van der Waals surface area contributed by atoms with Crippen LogP contribution in [-0.2, 0) is 11.2 Å². The van der Waals surface area contributed by atoms with Crippen molar-refractivity contribution in [2.45, 2.75) is 122 Å². The summed E-state index contributed by atoms with van der Waals surface area (Å²) < 4.78 is 0. The average Bonchev–Trinajstić information content (AvgIpc) is 2.77. The Morgan fingerprint density at radius 3 is 1.80 bits per heavy atom. The fourth-order valence-corrected chi connectivity index (χ4v) is 3.77. The maximum absolute atomic E-state index is 11.8. The van der Waals surface area contributed by atoms with Gasteiger partial charge in [-0.25, -0.2) is 5.43 Å². The van der Waals surface area contributed by atoms with Gasteiger partial charge in [-0.15, -0.1) is 0 Å². The van der Waals surface area contributed by atoms with Gasteiger partial charge in [-0.05, 0) is 24.8 Å². The van der Waals surface area contributed by atoms with Gasteiger partial charge in [0.25, 0.3) is 0 Å². The van der Waals surface area contributed by atoms with Gasteiger partial charge in [0.2, 0.25) is 5.91 Å². The third-order valence-corrected chi connectivity index (χ3v) is 5.69. The maximum atomic E-state index is 11.8. The number of aryl methyl sites for hydroxylation is 1. The van der Waals surface area contributed by atoms with Crippen LogP contribution in [0, 0.1) is 0 Å². The largest absolute Gasteiger partial charge is 0.273 e. The first-order valence-corrected chi connectivity index (χ1v) is 12.7. The van der Waals surface area contributed by atoms with Crippen molar-refractivity contribution < 1.29 is 4.79 Å². The van der Waals surface area contributed by atoms with Crippen LogP contribution >= 0.6 is 0 Å². The minimum atomic E-state index is 0.0423. The van der Waals surface area contributed by atoms with E-state index in [0.29, 0.717) is 6.42 Å². The lowest BCUT2D eigenvalue weighted by molar-refractivity contribution is -0.121. The Bertz CT molecular complexity index is 527. The van der Waals surface area contributed by atoms with Crippen LogP contribution in [-0.4, -0.2) is 12.1 Å². The molecule has 0 aliphatic heterocycles. The summed E-state index contributed by atoms with van der Waals surface area (Å²) in [5.74, 6) is 0.0423. The molecule has 3 heteroatoms. The summed E-state index contributed by atoms with van der Waals surface area (Å²) in [6.45, 7) is 2.28. The van der Waals surface area contributed by atoms with Crippen LogP contribution in [0.1, 0.15) is 122 Å². The maximum Gasteiger partial charge on any atom is 0.240 e. The molecule has 0 unspecified atom stereocenters. The summed E-state index contributed by atoms with van der Waals surface area (Å²) in [6, 6.07) is 10.3. The summed E-state index contributed by atoms with van der Waals surface area (Å²) >= 11 is 0. The van der Waals surface area contributed by atoms with Crippen LogP contribution in [0.15, 0.2) is 35.4 Å². The van der Waals surface area contributed by atoms with E-state index in [1.807, 2.05) is 18.2 Å². The van der Waals surface area contributed by atoms with E-state index in [2.05, 4.69) is 29.6 Å². The lowest BCUT2D eigenvalue weighted by atomic mass is 10.0. The van der Waals surface area contributed by atoms with Gasteiger partial charge in [-0.2, -0.15) is 5.10 Å². The zero-order valence-electron chi connectivity index (χ0n) is 19.5. The number of carbonyl (C=O) groups is 1. The van der Waals surface area contributed by atoms with Crippen molar-refractivity contribution in [3.05, 3.63) is 35.9 Å². The summed E-state index contributed by atoms with van der Waals surface area (Å²) in [5.41, 5.74) is 3.95. The molecule has 170 valence electrons. The number of benzene rings is 1. The second-order valence-electron chi connectivity index (χ2n) is 8.57. The topological polar surface area (TPSA) is 41.5 Å². The highest BCUT2D eigenvalue weighted by Crippen LogP contribution is 2.13. The van der Waals surface area contributed by atoms with Crippen molar-refractivity contribution in [3.8, 4) is 0 Å². The first-order chi connectivity index (χ1) is 14.8. The van der Waals surface area contributed by atoms with Crippen molar-refractivity contribution in [2.75, 3.05) is 0 Å². The van der Waals surface area contributed by atoms with E-state index < -0.39 is 0 Å². The standard InChI is InChI=1S/C27H46N2O/c1-2-3-4-5-6-7-8-9-10-11-12-13-14-15-19-24-27(30)29-28-25-20-23-26-21-17-16-18-22-26/h16-18,21-22,25H,2-15,19-20,23-24H2,1H3,(H,29,30). The third kappa shape index (κ3) is 17.2. The smallest absolute Gasteiger partial charge is 0.240 e. The van der Waals surface area contributed by atoms with Gasteiger partial charge in [-0.1, -0.05) is 127 Å². The molecule has 1 N–H and O–H groups in total. The monoisotopic (exact) mass is 414 g/mol. The Balaban J connectivity index is 1.79. The van der Waals surface area contributed by atoms with E-state index in [1.54, 1.807) is 6.21 Å². The van der Waals surface area contributed by atoms with Crippen molar-refractivity contribution >= 4 is 12.1 Å². The fraction of sp³-hybridized carbons (Fsp3) is 0.704. The lowest BCUT2D eigenvalue weighted by Gasteiger charge is -2.03. The first kappa shape index (κ1) is 26.4. The van der Waals surface area contributed by atoms with E-state index in [-0.39, 0.29) is 5.91 Å². The predicted octanol–water partition coefficient (Wildman–Crippen LogP) is 7.98. The Morgan fingerprint density at radius 2 is 1.27 bits per heavy atom. The van der Waals surface area contributed by atoms with E-state index >= 15 is 0 Å². The molecule has 0 fully saturated rings. The zero-order valence-corrected chi connectivity index (χ0v) is 19.5. The number of hydrogen-bond donors (Lipinski definition) is 1. The molecule has 1 rings (SSSR count). The average molecular weight is 415 g/mol. The Morgan fingerprint density at radius 1 is 0.767 bits per heavy atom. The van der Waals surface area contributed by atoms with Gasteiger partial charge in [0, 0.05) is 12.6 Å². The molecule has 3 nitrogen and oxygen atoms in total. The van der Waals surface area contributed by atoms with Gasteiger partial charge >= 0.3 is 0 Å². The molecule has 0 radical (unpaired) electrons. The molecular formula is C27H46N2O. The van der Waals surface area contributed by atoms with E-state index in [4.69, 9.17) is 0 Å². The van der Waals surface area contributed by atoms with E-state index in [0.717, 1.165) is 25.7 Å². The lowest BCUT2D eigenvalue weighted by Crippen LogP contribution is -2.16. The van der Waals surface area contributed by atoms with Crippen LogP contribution in [0.3, 0.4) is 0 Å². The van der Waals surface area contributed by atoms with Crippen LogP contribution in [0.25, 0.3) is 0 Å². The van der Waals surface area contributed by atoms with Gasteiger partial charge in [-0.3, -0.25) is 4.79 Å². The van der Waals surface area contributed by atoms with Crippen LogP contribution in [0.4, 0.5) is 0 Å². The highest BCUT2D eigenvalue weighted by molar-refractivity contribution is 5.76. The van der Waals surface area contributed by atoms with Gasteiger partial charge in [0.15, 0.2) is 0 Å². The molecule has 1 aromatic rings. The molecule has 30 heavy (non-hydrogen) atoms. The second kappa shape index (κ2) is 20.6. The summed E-state index contributed by atoms with van der Waals surface area (Å²) in [4.78, 5) is 11.8. The van der Waals surface area contributed by atoms with Crippen LogP contribution < -0.4 is 5.43 Å². The highest BCUT2D eigenvalue weighted by atomic mass is 16.2. The number of nitrogens with zero attached hydrogens (tertiary/aromatic N) is 1. The number of nitrogens with one attached hydrogen (secondary N) is 1. The summed E-state index contributed by atoms with van der Waals surface area (Å²) in [6.07, 6.45) is 24.4. The molecule has 1 aromatic carbocycles. The molecule has 0 aromatic heterocycles. The van der Waals surface area contributed by atoms with Crippen LogP contribution in [0.2, 0.25) is 0 Å². The van der Waals surface area contributed by atoms with Crippen LogP contribution in [0.5, 0.6) is 0 Å². The van der Waals surface area contributed by atoms with E-state index in [9.17, 15) is 4.79 Å². The molecule has 1 amide bonds. The number of rotatable bonds is 20. The van der Waals surface area contributed by atoms with Crippen molar-refractivity contribution in [3.63, 3.8) is 0 Å². The Kier molecular flexibility index (Phi) is 18.1. The number of carbonyl (C=O) groups excluding carboxylic acids is 1. The molecule has 0 aliphatic rings. The van der Waals surface area contributed by atoms with Gasteiger partial charge in [0.05, 0.1) is 0 Å². The van der Waals surface area contributed by atoms with Crippen molar-refractivity contribution in [1.29, 1.82) is 0 Å². The Hall–Kier alpha value is -1.64. The summed E-state index contributed by atoms with van der Waals surface area (Å²) in [7, 11) is 0. The molecule has 0 saturated carbocycles. The van der Waals surface area contributed by atoms with Gasteiger partial charge < -0.3 is 0 Å². The SMILES string of the molecule is CCCCCCCCCCCCCCCCCC(=O)NN=CCCc1ccccc1. The second-order valence-corrected chi connectivity index (χ2v) is 8.57. The van der Waals surface area contributed by atoms with E-state index in [1.165, 1.54) is 89.0 Å². The normalized spacial score (nSPS) is 11.2. The quantitative estimate of drug-likeness (QED) is 0.131. The molecule has 0 aliphatic carbocycles.